The third-order valence-electron chi connectivity index (χ3n) is 3.73. The molecule has 25 heavy (non-hydrogen) atoms. The first-order chi connectivity index (χ1) is 12.2. The van der Waals surface area contributed by atoms with Crippen LogP contribution in [0.4, 0.5) is 0 Å². The molecule has 0 saturated heterocycles. The molecule has 5 heteroatoms. The van der Waals surface area contributed by atoms with E-state index in [0.717, 1.165) is 11.1 Å². The highest BCUT2D eigenvalue weighted by Crippen LogP contribution is 2.07. The van der Waals surface area contributed by atoms with E-state index in [2.05, 4.69) is 11.4 Å². The summed E-state index contributed by atoms with van der Waals surface area (Å²) in [4.78, 5) is 14.0. The Labute approximate surface area is 154 Å². The summed E-state index contributed by atoms with van der Waals surface area (Å²) in [6, 6.07) is 21.9. The molecule has 1 amide bonds. The van der Waals surface area contributed by atoms with Crippen LogP contribution in [0.1, 0.15) is 24.0 Å². The van der Waals surface area contributed by atoms with Crippen LogP contribution in [0.2, 0.25) is 0 Å². The van der Waals surface area contributed by atoms with Crippen molar-refractivity contribution >= 4 is 23.2 Å². The average Bonchev–Trinajstić information content (AvgIpc) is 2.65. The molecule has 0 aromatic heterocycles. The average molecular weight is 351 g/mol. The van der Waals surface area contributed by atoms with Crippen LogP contribution in [0, 0.1) is 11.3 Å². The molecule has 2 aromatic rings. The number of amides is 1. The molecule has 128 valence electrons. The monoisotopic (exact) mass is 351 g/mol. The fourth-order valence-corrected chi connectivity index (χ4v) is 2.67. The highest BCUT2D eigenvalue weighted by Gasteiger charge is 2.13. The third-order valence-corrected chi connectivity index (χ3v) is 4.09. The molecule has 1 N–H and O–H groups in total. The number of hydrogen-bond acceptors (Lipinski definition) is 3. The summed E-state index contributed by atoms with van der Waals surface area (Å²) >= 11 is 5.38. The van der Waals surface area contributed by atoms with Gasteiger partial charge in [-0.1, -0.05) is 60.7 Å². The standard InChI is InChI=1S/C20H21N3OS/c21-14-7-15-23(16-18-10-5-2-6-11-18)20(25)22-19(24)13-12-17-8-3-1-4-9-17/h1-6,8-11H,7,12-13,15-16H2,(H,22,24,25). The molecule has 0 fully saturated rings. The van der Waals surface area contributed by atoms with Gasteiger partial charge in [-0.25, -0.2) is 0 Å². The lowest BCUT2D eigenvalue weighted by molar-refractivity contribution is -0.119. The lowest BCUT2D eigenvalue weighted by Crippen LogP contribution is -2.42. The van der Waals surface area contributed by atoms with Crippen LogP contribution < -0.4 is 5.32 Å². The van der Waals surface area contributed by atoms with Crippen molar-refractivity contribution < 1.29 is 4.79 Å². The molecule has 0 atom stereocenters. The normalized spacial score (nSPS) is 9.88. The van der Waals surface area contributed by atoms with Crippen molar-refractivity contribution in [2.45, 2.75) is 25.8 Å². The van der Waals surface area contributed by atoms with Crippen LogP contribution >= 0.6 is 12.2 Å². The van der Waals surface area contributed by atoms with Crippen molar-refractivity contribution in [2.24, 2.45) is 0 Å². The molecule has 0 aliphatic heterocycles. The van der Waals surface area contributed by atoms with Gasteiger partial charge in [-0.2, -0.15) is 5.26 Å². The van der Waals surface area contributed by atoms with Crippen molar-refractivity contribution in [2.75, 3.05) is 6.54 Å². The van der Waals surface area contributed by atoms with Gasteiger partial charge in [0.25, 0.3) is 0 Å². The van der Waals surface area contributed by atoms with Gasteiger partial charge in [0.1, 0.15) is 0 Å². The van der Waals surface area contributed by atoms with Gasteiger partial charge in [0.2, 0.25) is 5.91 Å². The van der Waals surface area contributed by atoms with Crippen molar-refractivity contribution in [1.82, 2.24) is 10.2 Å². The zero-order chi connectivity index (χ0) is 17.9. The maximum Gasteiger partial charge on any atom is 0.226 e. The first-order valence-corrected chi connectivity index (χ1v) is 8.63. The predicted octanol–water partition coefficient (Wildman–Crippen LogP) is 3.44. The molecule has 0 aliphatic rings. The summed E-state index contributed by atoms with van der Waals surface area (Å²) in [5.41, 5.74) is 2.20. The fourth-order valence-electron chi connectivity index (χ4n) is 2.40. The number of rotatable bonds is 7. The van der Waals surface area contributed by atoms with Gasteiger partial charge in [0.05, 0.1) is 12.5 Å². The van der Waals surface area contributed by atoms with Crippen molar-refractivity contribution in [3.05, 3.63) is 71.8 Å². The Morgan fingerprint density at radius 3 is 2.24 bits per heavy atom. The molecule has 2 aromatic carbocycles. The van der Waals surface area contributed by atoms with Gasteiger partial charge in [0.15, 0.2) is 5.11 Å². The highest BCUT2D eigenvalue weighted by atomic mass is 32.1. The number of aryl methyl sites for hydroxylation is 1. The number of nitrogens with one attached hydrogen (secondary N) is 1. The number of thiocarbonyl (C=S) groups is 1. The van der Waals surface area contributed by atoms with Crippen molar-refractivity contribution in [3.8, 4) is 6.07 Å². The van der Waals surface area contributed by atoms with Gasteiger partial charge in [0, 0.05) is 19.5 Å². The summed E-state index contributed by atoms with van der Waals surface area (Å²) in [5.74, 6) is -0.108. The van der Waals surface area contributed by atoms with Gasteiger partial charge in [-0.05, 0) is 29.8 Å². The Balaban J connectivity index is 1.89. The minimum Gasteiger partial charge on any atom is -0.344 e. The second-order valence-corrected chi connectivity index (χ2v) is 6.04. The van der Waals surface area contributed by atoms with E-state index in [9.17, 15) is 4.79 Å². The van der Waals surface area contributed by atoms with Crippen LogP contribution in [-0.4, -0.2) is 22.5 Å². The second kappa shape index (κ2) is 10.2. The minimum absolute atomic E-state index is 0.108. The Hall–Kier alpha value is -2.71. The van der Waals surface area contributed by atoms with Crippen molar-refractivity contribution in [1.29, 1.82) is 5.26 Å². The lowest BCUT2D eigenvalue weighted by atomic mass is 10.1. The Bertz CT molecular complexity index is 726. The number of hydrogen-bond donors (Lipinski definition) is 1. The van der Waals surface area contributed by atoms with Gasteiger partial charge >= 0.3 is 0 Å². The van der Waals surface area contributed by atoms with E-state index in [1.807, 2.05) is 65.6 Å². The van der Waals surface area contributed by atoms with E-state index >= 15 is 0 Å². The summed E-state index contributed by atoms with van der Waals surface area (Å²) < 4.78 is 0. The fraction of sp³-hybridized carbons (Fsp3) is 0.250. The molecule has 0 heterocycles. The highest BCUT2D eigenvalue weighted by molar-refractivity contribution is 7.80. The van der Waals surface area contributed by atoms with Crippen molar-refractivity contribution in [3.63, 3.8) is 0 Å². The van der Waals surface area contributed by atoms with E-state index in [0.29, 0.717) is 37.5 Å². The largest absolute Gasteiger partial charge is 0.344 e. The summed E-state index contributed by atoms with van der Waals surface area (Å²) in [5, 5.41) is 12.0. The third kappa shape index (κ3) is 6.74. The molecule has 0 spiro atoms. The Kier molecular flexibility index (Phi) is 7.61. The second-order valence-electron chi connectivity index (χ2n) is 5.65. The molecular formula is C20H21N3OS. The summed E-state index contributed by atoms with van der Waals surface area (Å²) in [6.07, 6.45) is 1.40. The zero-order valence-corrected chi connectivity index (χ0v) is 14.8. The molecule has 2 rings (SSSR count). The Morgan fingerprint density at radius 1 is 1.04 bits per heavy atom. The van der Waals surface area contributed by atoms with Gasteiger partial charge < -0.3 is 10.2 Å². The number of nitrogens with zero attached hydrogens (tertiary/aromatic N) is 2. The number of carbonyl (C=O) groups is 1. The van der Waals surface area contributed by atoms with Crippen LogP contribution in [0.15, 0.2) is 60.7 Å². The topological polar surface area (TPSA) is 56.1 Å². The van der Waals surface area contributed by atoms with E-state index in [1.54, 1.807) is 0 Å². The van der Waals surface area contributed by atoms with E-state index in [-0.39, 0.29) is 5.91 Å². The predicted molar refractivity (Wildman–Crippen MR) is 103 cm³/mol. The maximum absolute atomic E-state index is 12.2. The molecular weight excluding hydrogens is 330 g/mol. The molecule has 0 unspecified atom stereocenters. The molecule has 0 radical (unpaired) electrons. The number of nitriles is 1. The minimum atomic E-state index is -0.108. The van der Waals surface area contributed by atoms with E-state index in [1.165, 1.54) is 0 Å². The van der Waals surface area contributed by atoms with Gasteiger partial charge in [-0.3, -0.25) is 4.79 Å². The number of benzene rings is 2. The van der Waals surface area contributed by atoms with Crippen LogP contribution in [0.25, 0.3) is 0 Å². The first-order valence-electron chi connectivity index (χ1n) is 8.22. The van der Waals surface area contributed by atoms with Crippen LogP contribution in [-0.2, 0) is 17.8 Å². The zero-order valence-electron chi connectivity index (χ0n) is 14.0. The van der Waals surface area contributed by atoms with E-state index in [4.69, 9.17) is 17.5 Å². The SMILES string of the molecule is N#CCCN(Cc1ccccc1)C(=S)NC(=O)CCc1ccccc1. The molecule has 4 nitrogen and oxygen atoms in total. The maximum atomic E-state index is 12.2. The van der Waals surface area contributed by atoms with Crippen LogP contribution in [0.3, 0.4) is 0 Å². The smallest absolute Gasteiger partial charge is 0.226 e. The molecule has 0 aliphatic carbocycles. The summed E-state index contributed by atoms with van der Waals surface area (Å²) in [6.45, 7) is 1.06. The van der Waals surface area contributed by atoms with E-state index < -0.39 is 0 Å². The van der Waals surface area contributed by atoms with Crippen LogP contribution in [0.5, 0.6) is 0 Å². The molecule has 0 bridgehead atoms. The first kappa shape index (κ1) is 18.6. The number of carbonyl (C=O) groups excluding carboxylic acids is 1. The van der Waals surface area contributed by atoms with Gasteiger partial charge in [-0.15, -0.1) is 0 Å². The quantitative estimate of drug-likeness (QED) is 0.777. The Morgan fingerprint density at radius 2 is 1.64 bits per heavy atom. The summed E-state index contributed by atoms with van der Waals surface area (Å²) in [7, 11) is 0. The lowest BCUT2D eigenvalue weighted by Gasteiger charge is -2.24. The molecule has 0 saturated carbocycles.